The van der Waals surface area contributed by atoms with Crippen LogP contribution in [0.2, 0.25) is 0 Å². The van der Waals surface area contributed by atoms with Gasteiger partial charge in [-0.2, -0.15) is 0 Å². The van der Waals surface area contributed by atoms with E-state index in [9.17, 15) is 10.1 Å². The fraction of sp³-hybridized carbons (Fsp3) is 0.500. The second-order valence-corrected chi connectivity index (χ2v) is 5.34. The van der Waals surface area contributed by atoms with Crippen LogP contribution < -0.4 is 5.73 Å². The molecule has 0 aliphatic heterocycles. The van der Waals surface area contributed by atoms with Gasteiger partial charge in [0.25, 0.3) is 5.69 Å². The Bertz CT molecular complexity index is 407. The number of hydrogen-bond donors (Lipinski definition) is 1. The van der Waals surface area contributed by atoms with Gasteiger partial charge in [-0.15, -0.1) is 0 Å². The van der Waals surface area contributed by atoms with Crippen LogP contribution in [0.15, 0.2) is 16.7 Å². The van der Waals surface area contributed by atoms with Crippen molar-refractivity contribution in [3.8, 4) is 0 Å². The molecule has 0 atom stereocenters. The van der Waals surface area contributed by atoms with Crippen molar-refractivity contribution in [1.82, 2.24) is 4.98 Å². The fourth-order valence-corrected chi connectivity index (χ4v) is 1.60. The number of halogens is 1. The topological polar surface area (TPSA) is 82.0 Å². The van der Waals surface area contributed by atoms with Crippen molar-refractivity contribution in [2.24, 2.45) is 11.1 Å². The highest BCUT2D eigenvalue weighted by Crippen LogP contribution is 2.27. The highest BCUT2D eigenvalue weighted by atomic mass is 79.9. The number of pyridine rings is 1. The highest BCUT2D eigenvalue weighted by Gasteiger charge is 2.23. The number of nitrogens with zero attached hydrogens (tertiary/aromatic N) is 2. The molecule has 1 aromatic heterocycles. The Morgan fingerprint density at radius 2 is 2.25 bits per heavy atom. The number of nitro groups is 1. The van der Waals surface area contributed by atoms with E-state index in [1.165, 1.54) is 6.07 Å². The summed E-state index contributed by atoms with van der Waals surface area (Å²) in [5.74, 6) is 0. The van der Waals surface area contributed by atoms with Crippen LogP contribution >= 0.6 is 15.9 Å². The van der Waals surface area contributed by atoms with Gasteiger partial charge < -0.3 is 5.73 Å². The predicted octanol–water partition coefficient (Wildman–Crippen LogP) is 2.28. The second-order valence-electron chi connectivity index (χ2n) is 4.42. The molecule has 0 bridgehead atoms. The molecule has 0 aliphatic carbocycles. The van der Waals surface area contributed by atoms with E-state index in [-0.39, 0.29) is 11.1 Å². The van der Waals surface area contributed by atoms with Gasteiger partial charge in [0.15, 0.2) is 0 Å². The maximum absolute atomic E-state index is 10.9. The monoisotopic (exact) mass is 287 g/mol. The molecule has 0 saturated carbocycles. The Labute approximate surface area is 102 Å². The van der Waals surface area contributed by atoms with E-state index >= 15 is 0 Å². The lowest BCUT2D eigenvalue weighted by atomic mass is 9.87. The minimum atomic E-state index is -0.417. The summed E-state index contributed by atoms with van der Waals surface area (Å²) in [7, 11) is 0. The molecule has 0 saturated heterocycles. The summed E-state index contributed by atoms with van der Waals surface area (Å²) in [4.78, 5) is 14.5. The average Bonchev–Trinajstić information content (AvgIpc) is 2.20. The molecule has 0 spiro atoms. The zero-order chi connectivity index (χ0) is 12.3. The van der Waals surface area contributed by atoms with Gasteiger partial charge in [-0.3, -0.25) is 15.1 Å². The molecule has 5 nitrogen and oxygen atoms in total. The zero-order valence-corrected chi connectivity index (χ0v) is 10.8. The molecule has 1 rings (SSSR count). The summed E-state index contributed by atoms with van der Waals surface area (Å²) >= 11 is 3.17. The summed E-state index contributed by atoms with van der Waals surface area (Å²) in [6, 6.07) is 1.47. The quantitative estimate of drug-likeness (QED) is 0.680. The van der Waals surface area contributed by atoms with Crippen LogP contribution in [-0.4, -0.2) is 16.5 Å². The SMILES string of the molecule is CC(C)(CN)Cc1ncc(Br)cc1[N+](=O)[O-]. The van der Waals surface area contributed by atoms with Gasteiger partial charge in [0.2, 0.25) is 0 Å². The zero-order valence-electron chi connectivity index (χ0n) is 9.24. The summed E-state index contributed by atoms with van der Waals surface area (Å²) in [5.41, 5.74) is 5.93. The van der Waals surface area contributed by atoms with E-state index in [1.54, 1.807) is 6.20 Å². The van der Waals surface area contributed by atoms with Crippen molar-refractivity contribution in [3.05, 3.63) is 32.5 Å². The Balaban J connectivity index is 3.09. The summed E-state index contributed by atoms with van der Waals surface area (Å²) in [6.07, 6.45) is 2.06. The highest BCUT2D eigenvalue weighted by molar-refractivity contribution is 9.10. The molecular formula is C10H14BrN3O2. The van der Waals surface area contributed by atoms with E-state index in [2.05, 4.69) is 20.9 Å². The third-order valence-electron chi connectivity index (χ3n) is 2.31. The molecule has 0 amide bonds. The first-order valence-corrected chi connectivity index (χ1v) is 5.64. The van der Waals surface area contributed by atoms with Gasteiger partial charge in [0, 0.05) is 23.2 Å². The summed E-state index contributed by atoms with van der Waals surface area (Å²) < 4.78 is 0.605. The first-order chi connectivity index (χ1) is 7.35. The molecule has 1 heterocycles. The molecular weight excluding hydrogens is 274 g/mol. The molecule has 16 heavy (non-hydrogen) atoms. The van der Waals surface area contributed by atoms with Crippen molar-refractivity contribution in [2.75, 3.05) is 6.54 Å². The number of hydrogen-bond acceptors (Lipinski definition) is 4. The maximum Gasteiger partial charge on any atom is 0.291 e. The summed E-state index contributed by atoms with van der Waals surface area (Å²) in [6.45, 7) is 4.38. The van der Waals surface area contributed by atoms with E-state index in [1.807, 2.05) is 13.8 Å². The third kappa shape index (κ3) is 3.24. The van der Waals surface area contributed by atoms with Crippen molar-refractivity contribution < 1.29 is 4.92 Å². The van der Waals surface area contributed by atoms with Crippen molar-refractivity contribution in [2.45, 2.75) is 20.3 Å². The van der Waals surface area contributed by atoms with Crippen LogP contribution in [-0.2, 0) is 6.42 Å². The van der Waals surface area contributed by atoms with Crippen LogP contribution in [0, 0.1) is 15.5 Å². The molecule has 88 valence electrons. The van der Waals surface area contributed by atoms with Crippen LogP contribution in [0.4, 0.5) is 5.69 Å². The molecule has 0 radical (unpaired) electrons. The Morgan fingerprint density at radius 1 is 1.62 bits per heavy atom. The van der Waals surface area contributed by atoms with E-state index in [0.717, 1.165) is 0 Å². The lowest BCUT2D eigenvalue weighted by molar-refractivity contribution is -0.386. The van der Waals surface area contributed by atoms with Crippen molar-refractivity contribution in [3.63, 3.8) is 0 Å². The van der Waals surface area contributed by atoms with Gasteiger partial charge in [-0.05, 0) is 27.9 Å². The normalized spacial score (nSPS) is 11.5. The van der Waals surface area contributed by atoms with Crippen molar-refractivity contribution in [1.29, 1.82) is 0 Å². The molecule has 0 fully saturated rings. The molecule has 1 aromatic rings. The van der Waals surface area contributed by atoms with Gasteiger partial charge in [0.1, 0.15) is 5.69 Å². The van der Waals surface area contributed by atoms with Crippen LogP contribution in [0.25, 0.3) is 0 Å². The lowest BCUT2D eigenvalue weighted by Gasteiger charge is -2.21. The minimum absolute atomic E-state index is 0.0379. The molecule has 0 unspecified atom stereocenters. The first kappa shape index (κ1) is 13.1. The molecule has 0 aliphatic rings. The molecule has 0 aromatic carbocycles. The third-order valence-corrected chi connectivity index (χ3v) is 2.74. The Hall–Kier alpha value is -1.01. The first-order valence-electron chi connectivity index (χ1n) is 4.84. The fourth-order valence-electron chi connectivity index (χ4n) is 1.28. The van der Waals surface area contributed by atoms with Gasteiger partial charge in [0.05, 0.1) is 4.92 Å². The van der Waals surface area contributed by atoms with Gasteiger partial charge >= 0.3 is 0 Å². The van der Waals surface area contributed by atoms with E-state index in [0.29, 0.717) is 23.1 Å². The minimum Gasteiger partial charge on any atom is -0.330 e. The predicted molar refractivity (Wildman–Crippen MR) is 65.1 cm³/mol. The van der Waals surface area contributed by atoms with Crippen LogP contribution in [0.5, 0.6) is 0 Å². The standard InChI is InChI=1S/C10H14BrN3O2/c1-10(2,6-12)4-8-9(14(15)16)3-7(11)5-13-8/h3,5H,4,6,12H2,1-2H3. The number of aromatic nitrogens is 1. The second kappa shape index (κ2) is 4.88. The lowest BCUT2D eigenvalue weighted by Crippen LogP contribution is -2.26. The van der Waals surface area contributed by atoms with Gasteiger partial charge in [-0.25, -0.2) is 0 Å². The van der Waals surface area contributed by atoms with Crippen molar-refractivity contribution >= 4 is 21.6 Å². The smallest absolute Gasteiger partial charge is 0.291 e. The summed E-state index contributed by atoms with van der Waals surface area (Å²) in [5, 5.41) is 10.9. The largest absolute Gasteiger partial charge is 0.330 e. The van der Waals surface area contributed by atoms with Crippen LogP contribution in [0.1, 0.15) is 19.5 Å². The number of nitrogens with two attached hydrogens (primary N) is 1. The Morgan fingerprint density at radius 3 is 2.75 bits per heavy atom. The number of rotatable bonds is 4. The molecule has 6 heteroatoms. The Kier molecular flexibility index (Phi) is 3.98. The molecule has 2 N–H and O–H groups in total. The van der Waals surface area contributed by atoms with E-state index < -0.39 is 4.92 Å². The van der Waals surface area contributed by atoms with E-state index in [4.69, 9.17) is 5.73 Å². The van der Waals surface area contributed by atoms with Gasteiger partial charge in [-0.1, -0.05) is 13.8 Å². The maximum atomic E-state index is 10.9. The van der Waals surface area contributed by atoms with Crippen LogP contribution in [0.3, 0.4) is 0 Å². The average molecular weight is 288 g/mol.